The number of amides is 1. The van der Waals surface area contributed by atoms with Gasteiger partial charge < -0.3 is 24.6 Å². The lowest BCUT2D eigenvalue weighted by Crippen LogP contribution is -2.50. The first-order chi connectivity index (χ1) is 14.0. The van der Waals surface area contributed by atoms with Gasteiger partial charge in [0.15, 0.2) is 0 Å². The number of nitrogens with one attached hydrogen (secondary N) is 1. The molecule has 156 valence electrons. The smallest absolute Gasteiger partial charge is 0.234 e. The number of carbonyl (C=O) groups excluding carboxylic acids is 1. The first kappa shape index (κ1) is 20.9. The van der Waals surface area contributed by atoms with Crippen molar-refractivity contribution < 1.29 is 28.5 Å². The van der Waals surface area contributed by atoms with Gasteiger partial charge in [0, 0.05) is 37.3 Å². The number of aliphatic hydroxyl groups excluding tert-OH is 1. The van der Waals surface area contributed by atoms with Gasteiger partial charge in [-0.15, -0.1) is 0 Å². The zero-order valence-corrected chi connectivity index (χ0v) is 16.5. The molecule has 1 amide bonds. The fraction of sp³-hybridized carbons (Fsp3) is 0.381. The fourth-order valence-corrected chi connectivity index (χ4v) is 3.23. The van der Waals surface area contributed by atoms with Gasteiger partial charge in [0.1, 0.15) is 35.8 Å². The summed E-state index contributed by atoms with van der Waals surface area (Å²) in [5, 5.41) is 13.0. The zero-order valence-electron chi connectivity index (χ0n) is 16.5. The molecule has 2 N–H and O–H groups in total. The molecule has 1 saturated heterocycles. The second-order valence-corrected chi connectivity index (χ2v) is 6.79. The minimum Gasteiger partial charge on any atom is -0.497 e. The molecule has 2 aromatic rings. The predicted molar refractivity (Wildman–Crippen MR) is 106 cm³/mol. The molecule has 7 nitrogen and oxygen atoms in total. The fourth-order valence-electron chi connectivity index (χ4n) is 3.23. The molecule has 1 aliphatic heterocycles. The van der Waals surface area contributed by atoms with E-state index >= 15 is 0 Å². The summed E-state index contributed by atoms with van der Waals surface area (Å²) in [7, 11) is 3.09. The number of benzene rings is 2. The van der Waals surface area contributed by atoms with Crippen LogP contribution in [0.25, 0.3) is 11.1 Å². The molecule has 1 unspecified atom stereocenters. The Kier molecular flexibility index (Phi) is 6.90. The van der Waals surface area contributed by atoms with Gasteiger partial charge in [-0.3, -0.25) is 9.69 Å². The number of piperazine rings is 1. The van der Waals surface area contributed by atoms with Crippen molar-refractivity contribution in [2.45, 2.75) is 6.10 Å². The van der Waals surface area contributed by atoms with Crippen LogP contribution >= 0.6 is 0 Å². The molecule has 1 atom stereocenters. The first-order valence-corrected chi connectivity index (χ1v) is 9.31. The molecule has 0 aliphatic carbocycles. The summed E-state index contributed by atoms with van der Waals surface area (Å²) in [6.07, 6.45) is -0.803. The number of methoxy groups -OCH3 is 2. The zero-order chi connectivity index (χ0) is 20.8. The summed E-state index contributed by atoms with van der Waals surface area (Å²) in [6.45, 7) is 1.77. The van der Waals surface area contributed by atoms with Crippen molar-refractivity contribution in [2.24, 2.45) is 0 Å². The van der Waals surface area contributed by atoms with E-state index in [1.807, 2.05) is 4.90 Å². The van der Waals surface area contributed by atoms with Crippen molar-refractivity contribution in [1.29, 1.82) is 0 Å². The Balaban J connectivity index is 1.68. The maximum Gasteiger partial charge on any atom is 0.234 e. The van der Waals surface area contributed by atoms with E-state index < -0.39 is 11.9 Å². The molecule has 0 spiro atoms. The van der Waals surface area contributed by atoms with Crippen molar-refractivity contribution in [3.05, 3.63) is 42.2 Å². The second-order valence-electron chi connectivity index (χ2n) is 6.79. The monoisotopic (exact) mass is 404 g/mol. The number of nitrogens with zero attached hydrogens (tertiary/aromatic N) is 1. The average molecular weight is 404 g/mol. The van der Waals surface area contributed by atoms with Crippen LogP contribution in [0, 0.1) is 5.82 Å². The Morgan fingerprint density at radius 1 is 1.17 bits per heavy atom. The largest absolute Gasteiger partial charge is 0.497 e. The third-order valence-electron chi connectivity index (χ3n) is 4.62. The molecule has 29 heavy (non-hydrogen) atoms. The normalized spacial score (nSPS) is 15.5. The molecule has 0 aromatic heterocycles. The van der Waals surface area contributed by atoms with E-state index in [1.54, 1.807) is 31.4 Å². The van der Waals surface area contributed by atoms with E-state index in [4.69, 9.17) is 14.2 Å². The summed E-state index contributed by atoms with van der Waals surface area (Å²) >= 11 is 0. The van der Waals surface area contributed by atoms with E-state index in [0.29, 0.717) is 48.0 Å². The van der Waals surface area contributed by atoms with Crippen LogP contribution in [-0.2, 0) is 4.79 Å². The summed E-state index contributed by atoms with van der Waals surface area (Å²) in [5.41, 5.74) is 1.28. The number of β-amino-alcohol motifs (C(OH)–C–C–N with tert-alkyl or cyclic N) is 1. The van der Waals surface area contributed by atoms with Gasteiger partial charge in [-0.1, -0.05) is 0 Å². The first-order valence-electron chi connectivity index (χ1n) is 9.31. The van der Waals surface area contributed by atoms with Crippen molar-refractivity contribution in [3.63, 3.8) is 0 Å². The van der Waals surface area contributed by atoms with Crippen LogP contribution in [0.15, 0.2) is 36.4 Å². The Morgan fingerprint density at radius 2 is 2.00 bits per heavy atom. The van der Waals surface area contributed by atoms with E-state index in [0.717, 1.165) is 0 Å². The SMILES string of the molecule is COc1ccc(-c2cc(F)cc(OCC(O)CN3CCNC(=O)C3)c2)c(OC)c1. The molecule has 0 bridgehead atoms. The molecule has 1 heterocycles. The minimum absolute atomic E-state index is 0.0131. The van der Waals surface area contributed by atoms with Crippen molar-refractivity contribution in [1.82, 2.24) is 10.2 Å². The number of hydrogen-bond donors (Lipinski definition) is 2. The quantitative estimate of drug-likeness (QED) is 0.697. The summed E-state index contributed by atoms with van der Waals surface area (Å²) in [5.74, 6) is 0.954. The van der Waals surface area contributed by atoms with Gasteiger partial charge in [0.25, 0.3) is 0 Å². The molecule has 1 aliphatic rings. The molecule has 1 fully saturated rings. The van der Waals surface area contributed by atoms with Gasteiger partial charge >= 0.3 is 0 Å². The van der Waals surface area contributed by atoms with Gasteiger partial charge in [-0.2, -0.15) is 0 Å². The standard InChI is InChI=1S/C21H25FN2O5/c1-27-17-3-4-19(20(10-17)28-2)14-7-15(22)9-18(8-14)29-13-16(25)11-24-6-5-23-21(26)12-24/h3-4,7-10,16,25H,5-6,11-13H2,1-2H3,(H,23,26). The highest BCUT2D eigenvalue weighted by Crippen LogP contribution is 2.35. The maximum atomic E-state index is 14.2. The van der Waals surface area contributed by atoms with Crippen molar-refractivity contribution in [2.75, 3.05) is 47.0 Å². The molecular weight excluding hydrogens is 379 g/mol. The van der Waals surface area contributed by atoms with Gasteiger partial charge in [-0.25, -0.2) is 4.39 Å². The van der Waals surface area contributed by atoms with Crippen LogP contribution < -0.4 is 19.5 Å². The highest BCUT2D eigenvalue weighted by molar-refractivity contribution is 5.78. The average Bonchev–Trinajstić information content (AvgIpc) is 2.71. The minimum atomic E-state index is -0.803. The Labute approximate surface area is 169 Å². The number of carbonyl (C=O) groups is 1. The molecule has 2 aromatic carbocycles. The van der Waals surface area contributed by atoms with E-state index in [1.165, 1.54) is 19.2 Å². The van der Waals surface area contributed by atoms with Crippen LogP contribution in [0.1, 0.15) is 0 Å². The van der Waals surface area contributed by atoms with Crippen molar-refractivity contribution in [3.8, 4) is 28.4 Å². The van der Waals surface area contributed by atoms with Crippen LogP contribution in [0.5, 0.6) is 17.2 Å². The Bertz CT molecular complexity index is 861. The molecule has 0 saturated carbocycles. The lowest BCUT2D eigenvalue weighted by molar-refractivity contribution is -0.124. The summed E-state index contributed by atoms with van der Waals surface area (Å²) in [4.78, 5) is 13.3. The number of aliphatic hydroxyl groups is 1. The lowest BCUT2D eigenvalue weighted by Gasteiger charge is -2.28. The highest BCUT2D eigenvalue weighted by Gasteiger charge is 2.19. The molecule has 0 radical (unpaired) electrons. The Hall–Kier alpha value is -2.84. The van der Waals surface area contributed by atoms with Gasteiger partial charge in [0.05, 0.1) is 20.8 Å². The summed E-state index contributed by atoms with van der Waals surface area (Å²) < 4.78 is 30.4. The highest BCUT2D eigenvalue weighted by atomic mass is 19.1. The Morgan fingerprint density at radius 3 is 2.72 bits per heavy atom. The van der Waals surface area contributed by atoms with Crippen LogP contribution in [-0.4, -0.2) is 69.0 Å². The molecule has 8 heteroatoms. The van der Waals surface area contributed by atoms with Crippen molar-refractivity contribution >= 4 is 5.91 Å². The topological polar surface area (TPSA) is 80.3 Å². The number of rotatable bonds is 8. The maximum absolute atomic E-state index is 14.2. The van der Waals surface area contributed by atoms with Gasteiger partial charge in [-0.05, 0) is 29.8 Å². The predicted octanol–water partition coefficient (Wildman–Crippen LogP) is 1.68. The van der Waals surface area contributed by atoms with Gasteiger partial charge in [0.2, 0.25) is 5.91 Å². The van der Waals surface area contributed by atoms with E-state index in [9.17, 15) is 14.3 Å². The lowest BCUT2D eigenvalue weighted by atomic mass is 10.0. The number of hydrogen-bond acceptors (Lipinski definition) is 6. The van der Waals surface area contributed by atoms with E-state index in [-0.39, 0.29) is 19.1 Å². The van der Waals surface area contributed by atoms with Crippen LogP contribution in [0.2, 0.25) is 0 Å². The molecular formula is C21H25FN2O5. The van der Waals surface area contributed by atoms with E-state index in [2.05, 4.69) is 5.32 Å². The number of halogens is 1. The third kappa shape index (κ3) is 5.58. The van der Waals surface area contributed by atoms with Crippen LogP contribution in [0.3, 0.4) is 0 Å². The summed E-state index contributed by atoms with van der Waals surface area (Å²) in [6, 6.07) is 9.61. The second kappa shape index (κ2) is 9.58. The molecule has 3 rings (SSSR count). The third-order valence-corrected chi connectivity index (χ3v) is 4.62. The van der Waals surface area contributed by atoms with Crippen LogP contribution in [0.4, 0.5) is 4.39 Å². The number of ether oxygens (including phenoxy) is 3.